The first-order valence-electron chi connectivity index (χ1n) is 5.56. The van der Waals surface area contributed by atoms with E-state index in [-0.39, 0.29) is 17.9 Å². The number of benzene rings is 1. The number of carboxylic acids is 1. The molecule has 0 aromatic heterocycles. The maximum Gasteiger partial charge on any atom is 0.407 e. The lowest BCUT2D eigenvalue weighted by Crippen LogP contribution is -2.27. The van der Waals surface area contributed by atoms with Crippen molar-refractivity contribution in [3.63, 3.8) is 0 Å². The van der Waals surface area contributed by atoms with Crippen molar-refractivity contribution in [1.29, 1.82) is 0 Å². The van der Waals surface area contributed by atoms with E-state index in [0.717, 1.165) is 0 Å². The molecule has 102 valence electrons. The molecule has 1 aromatic rings. The number of aromatic carboxylic acids is 1. The molecule has 0 radical (unpaired) electrons. The summed E-state index contributed by atoms with van der Waals surface area (Å²) in [7, 11) is 0. The van der Waals surface area contributed by atoms with Crippen molar-refractivity contribution in [2.45, 2.75) is 13.0 Å². The van der Waals surface area contributed by atoms with E-state index in [1.807, 2.05) is 0 Å². The fourth-order valence-electron chi connectivity index (χ4n) is 1.43. The minimum absolute atomic E-state index is 0.0918. The van der Waals surface area contributed by atoms with Gasteiger partial charge in [-0.15, -0.1) is 0 Å². The highest BCUT2D eigenvalue weighted by atomic mass is 16.5. The molecule has 0 aliphatic rings. The Labute approximate surface area is 110 Å². The molecular weight excluding hydrogens is 250 g/mol. The Balaban J connectivity index is 2.79. The van der Waals surface area contributed by atoms with Crippen molar-refractivity contribution in [3.05, 3.63) is 42.0 Å². The van der Waals surface area contributed by atoms with Gasteiger partial charge >= 0.3 is 12.1 Å². The SMILES string of the molecule is C=CCOC(=O)NC(C)c1ccc(O)c(C(=O)O)c1. The smallest absolute Gasteiger partial charge is 0.407 e. The van der Waals surface area contributed by atoms with Gasteiger partial charge in [0.1, 0.15) is 17.9 Å². The highest BCUT2D eigenvalue weighted by Gasteiger charge is 2.15. The van der Waals surface area contributed by atoms with E-state index in [4.69, 9.17) is 9.84 Å². The van der Waals surface area contributed by atoms with Crippen molar-refractivity contribution in [2.24, 2.45) is 0 Å². The fourth-order valence-corrected chi connectivity index (χ4v) is 1.43. The highest BCUT2D eigenvalue weighted by Crippen LogP contribution is 2.22. The van der Waals surface area contributed by atoms with Crippen LogP contribution in [-0.2, 0) is 4.74 Å². The van der Waals surface area contributed by atoms with Crippen molar-refractivity contribution in [3.8, 4) is 5.75 Å². The number of nitrogens with one attached hydrogen (secondary N) is 1. The molecule has 1 aromatic carbocycles. The quantitative estimate of drug-likeness (QED) is 0.708. The van der Waals surface area contributed by atoms with E-state index >= 15 is 0 Å². The topological polar surface area (TPSA) is 95.9 Å². The van der Waals surface area contributed by atoms with Gasteiger partial charge in [-0.05, 0) is 24.6 Å². The molecular formula is C13H15NO5. The van der Waals surface area contributed by atoms with Crippen LogP contribution in [0, 0.1) is 0 Å². The maximum absolute atomic E-state index is 11.3. The number of alkyl carbamates (subject to hydrolysis) is 1. The van der Waals surface area contributed by atoms with Gasteiger partial charge in [-0.25, -0.2) is 9.59 Å². The highest BCUT2D eigenvalue weighted by molar-refractivity contribution is 5.91. The van der Waals surface area contributed by atoms with Crippen molar-refractivity contribution >= 4 is 12.1 Å². The van der Waals surface area contributed by atoms with Gasteiger partial charge in [-0.3, -0.25) is 0 Å². The van der Waals surface area contributed by atoms with E-state index < -0.39 is 18.1 Å². The summed E-state index contributed by atoms with van der Waals surface area (Å²) >= 11 is 0. The molecule has 0 saturated carbocycles. The van der Waals surface area contributed by atoms with Gasteiger partial charge in [0.25, 0.3) is 0 Å². The number of hydrogen-bond donors (Lipinski definition) is 3. The molecule has 3 N–H and O–H groups in total. The fraction of sp³-hybridized carbons (Fsp3) is 0.231. The Hall–Kier alpha value is -2.50. The van der Waals surface area contributed by atoms with Gasteiger partial charge in [-0.2, -0.15) is 0 Å². The number of rotatable bonds is 5. The molecule has 0 aliphatic carbocycles. The van der Waals surface area contributed by atoms with Gasteiger partial charge in [0.15, 0.2) is 0 Å². The first-order valence-corrected chi connectivity index (χ1v) is 5.56. The second-order valence-electron chi connectivity index (χ2n) is 3.83. The van der Waals surface area contributed by atoms with Gasteiger partial charge in [0, 0.05) is 0 Å². The molecule has 0 saturated heterocycles. The van der Waals surface area contributed by atoms with Crippen LogP contribution in [0.4, 0.5) is 4.79 Å². The van der Waals surface area contributed by atoms with Crippen LogP contribution in [0.2, 0.25) is 0 Å². The average Bonchev–Trinajstić information content (AvgIpc) is 2.36. The van der Waals surface area contributed by atoms with Crippen LogP contribution in [0.5, 0.6) is 5.75 Å². The van der Waals surface area contributed by atoms with Gasteiger partial charge in [0.05, 0.1) is 6.04 Å². The summed E-state index contributed by atoms with van der Waals surface area (Å²) in [6, 6.07) is 3.65. The van der Waals surface area contributed by atoms with Crippen LogP contribution >= 0.6 is 0 Å². The third-order valence-corrected chi connectivity index (χ3v) is 2.42. The van der Waals surface area contributed by atoms with Crippen LogP contribution in [0.25, 0.3) is 0 Å². The van der Waals surface area contributed by atoms with E-state index in [2.05, 4.69) is 11.9 Å². The number of hydrogen-bond acceptors (Lipinski definition) is 4. The van der Waals surface area contributed by atoms with Crippen molar-refractivity contribution < 1.29 is 24.5 Å². The van der Waals surface area contributed by atoms with Gasteiger partial charge < -0.3 is 20.3 Å². The Morgan fingerprint density at radius 2 is 2.21 bits per heavy atom. The summed E-state index contributed by atoms with van der Waals surface area (Å²) in [4.78, 5) is 22.2. The molecule has 0 bridgehead atoms. The van der Waals surface area contributed by atoms with Crippen LogP contribution in [-0.4, -0.2) is 28.9 Å². The largest absolute Gasteiger partial charge is 0.507 e. The zero-order valence-electron chi connectivity index (χ0n) is 10.4. The summed E-state index contributed by atoms with van der Waals surface area (Å²) in [6.07, 6.45) is 0.810. The van der Waals surface area contributed by atoms with E-state index in [9.17, 15) is 14.7 Å². The number of ether oxygens (including phenoxy) is 1. The summed E-state index contributed by atoms with van der Waals surface area (Å²) in [5.74, 6) is -1.56. The van der Waals surface area contributed by atoms with Crippen molar-refractivity contribution in [1.82, 2.24) is 5.32 Å². The summed E-state index contributed by atoms with van der Waals surface area (Å²) in [5.41, 5.74) is 0.330. The molecule has 19 heavy (non-hydrogen) atoms. The summed E-state index contributed by atoms with van der Waals surface area (Å²) in [6.45, 7) is 5.18. The average molecular weight is 265 g/mol. The van der Waals surface area contributed by atoms with Crippen LogP contribution in [0.15, 0.2) is 30.9 Å². The lowest BCUT2D eigenvalue weighted by molar-refractivity contribution is 0.0693. The maximum atomic E-state index is 11.3. The Morgan fingerprint density at radius 1 is 1.53 bits per heavy atom. The predicted octanol–water partition coefficient (Wildman–Crippen LogP) is 2.06. The first-order chi connectivity index (χ1) is 8.95. The zero-order chi connectivity index (χ0) is 14.4. The molecule has 1 atom stereocenters. The minimum Gasteiger partial charge on any atom is -0.507 e. The lowest BCUT2D eigenvalue weighted by Gasteiger charge is -2.14. The standard InChI is InChI=1S/C13H15NO5/c1-3-6-19-13(18)14-8(2)9-4-5-11(15)10(7-9)12(16)17/h3-5,7-8,15H,1,6H2,2H3,(H,14,18)(H,16,17). The van der Waals surface area contributed by atoms with Gasteiger partial charge in [-0.1, -0.05) is 18.7 Å². The number of carbonyl (C=O) groups is 2. The normalized spacial score (nSPS) is 11.4. The molecule has 0 aliphatic heterocycles. The lowest BCUT2D eigenvalue weighted by atomic mass is 10.0. The Bertz CT molecular complexity index is 498. The molecule has 1 amide bonds. The molecule has 6 nitrogen and oxygen atoms in total. The Kier molecular flexibility index (Phi) is 4.93. The third-order valence-electron chi connectivity index (χ3n) is 2.42. The number of amides is 1. The molecule has 1 rings (SSSR count). The number of carboxylic acid groups (broad SMARTS) is 1. The third kappa shape index (κ3) is 4.02. The molecule has 1 unspecified atom stereocenters. The number of aromatic hydroxyl groups is 1. The summed E-state index contributed by atoms with van der Waals surface area (Å²) in [5, 5.41) is 20.8. The number of phenols is 1. The summed E-state index contributed by atoms with van der Waals surface area (Å²) < 4.78 is 4.75. The first kappa shape index (κ1) is 14.6. The molecule has 6 heteroatoms. The number of carbonyl (C=O) groups excluding carboxylic acids is 1. The van der Waals surface area contributed by atoms with E-state index in [0.29, 0.717) is 5.56 Å². The molecule has 0 spiro atoms. The van der Waals surface area contributed by atoms with Crippen LogP contribution in [0.1, 0.15) is 28.9 Å². The Morgan fingerprint density at radius 3 is 2.79 bits per heavy atom. The van der Waals surface area contributed by atoms with Crippen LogP contribution < -0.4 is 5.32 Å². The minimum atomic E-state index is -1.24. The van der Waals surface area contributed by atoms with Crippen molar-refractivity contribution in [2.75, 3.05) is 6.61 Å². The second kappa shape index (κ2) is 6.44. The monoisotopic (exact) mass is 265 g/mol. The predicted molar refractivity (Wildman–Crippen MR) is 68.2 cm³/mol. The van der Waals surface area contributed by atoms with Crippen LogP contribution in [0.3, 0.4) is 0 Å². The van der Waals surface area contributed by atoms with E-state index in [1.165, 1.54) is 24.3 Å². The van der Waals surface area contributed by atoms with E-state index in [1.54, 1.807) is 6.92 Å². The molecule has 0 heterocycles. The zero-order valence-corrected chi connectivity index (χ0v) is 10.4. The second-order valence-corrected chi connectivity index (χ2v) is 3.83. The molecule has 0 fully saturated rings. The van der Waals surface area contributed by atoms with Gasteiger partial charge in [0.2, 0.25) is 0 Å².